The maximum atomic E-state index is 11.1. The van der Waals surface area contributed by atoms with Crippen molar-refractivity contribution in [2.24, 2.45) is 11.5 Å². The summed E-state index contributed by atoms with van der Waals surface area (Å²) in [6.45, 7) is 0.0854. The van der Waals surface area contributed by atoms with Gasteiger partial charge in [-0.25, -0.2) is 4.79 Å². The molecule has 6 nitrogen and oxygen atoms in total. The Morgan fingerprint density at radius 2 is 2.05 bits per heavy atom. The monoisotopic (exact) mass is 271 g/mol. The molecule has 1 aromatic carbocycles. The highest BCUT2D eigenvalue weighted by atomic mass is 16.6. The molecule has 102 valence electrons. The third kappa shape index (κ3) is 1.92. The summed E-state index contributed by atoms with van der Waals surface area (Å²) in [5.41, 5.74) is 12.3. The SMILES string of the molecule is NCC1=C(OC(N)=O)c2cccn2-c2ccccc2O1. The number of amides is 1. The van der Waals surface area contributed by atoms with Crippen LogP contribution < -0.4 is 16.2 Å². The number of nitrogens with two attached hydrogens (primary N) is 2. The summed E-state index contributed by atoms with van der Waals surface area (Å²) in [7, 11) is 0. The molecular formula is C14H13N3O3. The zero-order chi connectivity index (χ0) is 14.1. The first-order chi connectivity index (χ1) is 9.70. The van der Waals surface area contributed by atoms with Crippen LogP contribution in [-0.4, -0.2) is 17.2 Å². The normalized spacial score (nSPS) is 13.1. The van der Waals surface area contributed by atoms with E-state index in [9.17, 15) is 4.79 Å². The molecule has 0 unspecified atom stereocenters. The number of aromatic nitrogens is 1. The minimum absolute atomic E-state index is 0.0854. The van der Waals surface area contributed by atoms with Crippen molar-refractivity contribution in [2.45, 2.75) is 0 Å². The van der Waals surface area contributed by atoms with Crippen LogP contribution in [-0.2, 0) is 4.74 Å². The lowest BCUT2D eigenvalue weighted by molar-refractivity contribution is 0.200. The predicted molar refractivity (Wildman–Crippen MR) is 73.0 cm³/mol. The molecule has 1 amide bonds. The Morgan fingerprint density at radius 1 is 1.25 bits per heavy atom. The van der Waals surface area contributed by atoms with Gasteiger partial charge >= 0.3 is 6.09 Å². The van der Waals surface area contributed by atoms with Crippen LogP contribution in [0.1, 0.15) is 5.69 Å². The van der Waals surface area contributed by atoms with Gasteiger partial charge in [0.05, 0.1) is 17.9 Å². The molecule has 1 aromatic heterocycles. The first-order valence-electron chi connectivity index (χ1n) is 6.06. The Kier molecular flexibility index (Phi) is 2.92. The quantitative estimate of drug-likeness (QED) is 0.867. The molecule has 4 N–H and O–H groups in total. The number of ether oxygens (including phenoxy) is 2. The van der Waals surface area contributed by atoms with Crippen LogP contribution in [0.25, 0.3) is 11.4 Å². The lowest BCUT2D eigenvalue weighted by Gasteiger charge is -2.10. The van der Waals surface area contributed by atoms with Crippen LogP contribution in [0.2, 0.25) is 0 Å². The molecule has 2 heterocycles. The van der Waals surface area contributed by atoms with Crippen molar-refractivity contribution in [1.82, 2.24) is 4.57 Å². The zero-order valence-corrected chi connectivity index (χ0v) is 10.6. The molecule has 0 spiro atoms. The van der Waals surface area contributed by atoms with E-state index >= 15 is 0 Å². The van der Waals surface area contributed by atoms with Crippen LogP contribution in [0.4, 0.5) is 4.79 Å². The first-order valence-corrected chi connectivity index (χ1v) is 6.06. The van der Waals surface area contributed by atoms with Crippen molar-refractivity contribution < 1.29 is 14.3 Å². The van der Waals surface area contributed by atoms with Crippen molar-refractivity contribution in [3.8, 4) is 11.4 Å². The molecule has 3 rings (SSSR count). The number of rotatable bonds is 2. The molecule has 0 atom stereocenters. The molecule has 0 radical (unpaired) electrons. The van der Waals surface area contributed by atoms with E-state index in [-0.39, 0.29) is 12.3 Å². The average molecular weight is 271 g/mol. The van der Waals surface area contributed by atoms with Gasteiger partial charge in [-0.15, -0.1) is 0 Å². The highest BCUT2D eigenvalue weighted by Gasteiger charge is 2.24. The largest absolute Gasteiger partial charge is 0.454 e. The number of carbonyl (C=O) groups is 1. The van der Waals surface area contributed by atoms with E-state index in [0.717, 1.165) is 5.69 Å². The van der Waals surface area contributed by atoms with Gasteiger partial charge in [-0.3, -0.25) is 0 Å². The highest BCUT2D eigenvalue weighted by molar-refractivity contribution is 5.77. The summed E-state index contributed by atoms with van der Waals surface area (Å²) >= 11 is 0. The Balaban J connectivity index is 2.24. The fourth-order valence-corrected chi connectivity index (χ4v) is 2.18. The second kappa shape index (κ2) is 4.75. The van der Waals surface area contributed by atoms with E-state index in [4.69, 9.17) is 20.9 Å². The number of hydrogen-bond acceptors (Lipinski definition) is 4. The van der Waals surface area contributed by atoms with Gasteiger partial charge in [0.1, 0.15) is 0 Å². The van der Waals surface area contributed by atoms with Crippen molar-refractivity contribution in [1.29, 1.82) is 0 Å². The van der Waals surface area contributed by atoms with Gasteiger partial charge in [-0.05, 0) is 24.3 Å². The number of primary amides is 1. The summed E-state index contributed by atoms with van der Waals surface area (Å²) in [5.74, 6) is 1.23. The van der Waals surface area contributed by atoms with E-state index in [1.54, 1.807) is 6.07 Å². The highest BCUT2D eigenvalue weighted by Crippen LogP contribution is 2.34. The molecule has 0 saturated heterocycles. The number of carbonyl (C=O) groups excluding carboxylic acids is 1. The summed E-state index contributed by atoms with van der Waals surface area (Å²) in [4.78, 5) is 11.1. The average Bonchev–Trinajstić information content (AvgIpc) is 2.87. The lowest BCUT2D eigenvalue weighted by Crippen LogP contribution is -2.18. The third-order valence-corrected chi connectivity index (χ3v) is 2.98. The molecule has 20 heavy (non-hydrogen) atoms. The molecule has 6 heteroatoms. The molecule has 1 aliphatic heterocycles. The number of hydrogen-bond donors (Lipinski definition) is 2. The number of nitrogens with zero attached hydrogens (tertiary/aromatic N) is 1. The van der Waals surface area contributed by atoms with Crippen LogP contribution in [0.15, 0.2) is 48.4 Å². The van der Waals surface area contributed by atoms with Gasteiger partial charge in [0.2, 0.25) is 0 Å². The van der Waals surface area contributed by atoms with E-state index < -0.39 is 6.09 Å². The second-order valence-electron chi connectivity index (χ2n) is 4.21. The maximum Gasteiger partial charge on any atom is 0.410 e. The second-order valence-corrected chi connectivity index (χ2v) is 4.21. The van der Waals surface area contributed by atoms with Crippen molar-refractivity contribution in [3.63, 3.8) is 0 Å². The van der Waals surface area contributed by atoms with Crippen LogP contribution in [0, 0.1) is 0 Å². The standard InChI is InChI=1S/C14H13N3O3/c15-8-12-13(20-14(16)18)10-5-3-7-17(10)9-4-1-2-6-11(9)19-12/h1-7H,8,15H2,(H2,16,18). The Labute approximate surface area is 115 Å². The van der Waals surface area contributed by atoms with Gasteiger partial charge in [0.25, 0.3) is 0 Å². The summed E-state index contributed by atoms with van der Waals surface area (Å²) in [5, 5.41) is 0. The Hall–Kier alpha value is -2.73. The van der Waals surface area contributed by atoms with E-state index in [2.05, 4.69) is 0 Å². The predicted octanol–water partition coefficient (Wildman–Crippen LogP) is 1.59. The molecule has 0 aliphatic carbocycles. The maximum absolute atomic E-state index is 11.1. The topological polar surface area (TPSA) is 92.5 Å². The van der Waals surface area contributed by atoms with Crippen LogP contribution in [0.3, 0.4) is 0 Å². The number of fused-ring (bicyclic) bond motifs is 3. The fraction of sp³-hybridized carbons (Fsp3) is 0.0714. The fourth-order valence-electron chi connectivity index (χ4n) is 2.18. The molecule has 0 bridgehead atoms. The minimum atomic E-state index is -0.909. The lowest BCUT2D eigenvalue weighted by atomic mass is 10.3. The Morgan fingerprint density at radius 3 is 2.80 bits per heavy atom. The van der Waals surface area contributed by atoms with Gasteiger partial charge in [-0.1, -0.05) is 12.1 Å². The summed E-state index contributed by atoms with van der Waals surface area (Å²) in [6, 6.07) is 11.1. The number of para-hydroxylation sites is 2. The Bertz CT molecular complexity index is 703. The summed E-state index contributed by atoms with van der Waals surface area (Å²) in [6.07, 6.45) is 0.940. The molecule has 0 fully saturated rings. The molecule has 2 aromatic rings. The number of benzene rings is 1. The third-order valence-electron chi connectivity index (χ3n) is 2.98. The van der Waals surface area contributed by atoms with E-state index in [1.165, 1.54) is 0 Å². The van der Waals surface area contributed by atoms with Crippen molar-refractivity contribution in [2.75, 3.05) is 6.54 Å². The van der Waals surface area contributed by atoms with Crippen LogP contribution >= 0.6 is 0 Å². The molecular weight excluding hydrogens is 258 g/mol. The first kappa shape index (κ1) is 12.3. The molecule has 0 saturated carbocycles. The van der Waals surface area contributed by atoms with Gasteiger partial charge < -0.3 is 25.5 Å². The van der Waals surface area contributed by atoms with Crippen LogP contribution in [0.5, 0.6) is 5.75 Å². The summed E-state index contributed by atoms with van der Waals surface area (Å²) < 4.78 is 12.7. The van der Waals surface area contributed by atoms with E-state index in [1.807, 2.05) is 41.1 Å². The van der Waals surface area contributed by atoms with Crippen molar-refractivity contribution >= 4 is 11.9 Å². The van der Waals surface area contributed by atoms with Crippen molar-refractivity contribution in [3.05, 3.63) is 54.0 Å². The smallest absolute Gasteiger partial charge is 0.410 e. The van der Waals surface area contributed by atoms with Gasteiger partial charge in [-0.2, -0.15) is 0 Å². The van der Waals surface area contributed by atoms with E-state index in [0.29, 0.717) is 17.2 Å². The zero-order valence-electron chi connectivity index (χ0n) is 10.6. The van der Waals surface area contributed by atoms with Gasteiger partial charge in [0.15, 0.2) is 17.3 Å². The molecule has 1 aliphatic rings. The minimum Gasteiger partial charge on any atom is -0.454 e. The van der Waals surface area contributed by atoms with Gasteiger partial charge in [0, 0.05) is 6.20 Å².